The molecule has 3 saturated carbocycles. The minimum atomic E-state index is -1.44. The van der Waals surface area contributed by atoms with E-state index in [2.05, 4.69) is 54.2 Å². The van der Waals surface area contributed by atoms with Crippen LogP contribution >= 0.6 is 0 Å². The number of carbonyl (C=O) groups is 1. The molecule has 0 spiro atoms. The van der Waals surface area contributed by atoms with Crippen molar-refractivity contribution >= 4 is 5.97 Å². The number of allylic oxidation sites excluding steroid dienone is 2. The molecular weight excluding hydrogens is 881 g/mol. The first kappa shape index (κ1) is 60.6. The van der Waals surface area contributed by atoms with Crippen LogP contribution in [0.4, 0.5) is 0 Å². The number of carbonyl (C=O) groups excluding carboxylic acids is 1. The molecule has 0 aromatic heterocycles. The number of hydrogen-bond acceptors (Lipinski definition) is 7. The van der Waals surface area contributed by atoms with Crippen LogP contribution in [0.3, 0.4) is 0 Å². The highest BCUT2D eigenvalue weighted by molar-refractivity contribution is 5.69. The van der Waals surface area contributed by atoms with Crippen molar-refractivity contribution in [2.24, 2.45) is 52.3 Å². The third-order valence-electron chi connectivity index (χ3n) is 20.2. The molecule has 5 rings (SSSR count). The molecule has 0 amide bonds. The summed E-state index contributed by atoms with van der Waals surface area (Å²) in [5.41, 5.74) is 2.12. The number of unbranched alkanes of at least 4 members (excludes halogenated alkanes) is 24. The van der Waals surface area contributed by atoms with Gasteiger partial charge in [-0.1, -0.05) is 213 Å². The summed E-state index contributed by atoms with van der Waals surface area (Å²) in [6.45, 7) is 18.6. The van der Waals surface area contributed by atoms with Crippen molar-refractivity contribution < 1.29 is 34.3 Å². The molecule has 1 aliphatic heterocycles. The fourth-order valence-corrected chi connectivity index (χ4v) is 15.5. The van der Waals surface area contributed by atoms with Crippen LogP contribution in [-0.2, 0) is 19.0 Å². The van der Waals surface area contributed by atoms with Crippen molar-refractivity contribution in [2.75, 3.05) is 6.61 Å². The average molecular weight is 996 g/mol. The molecule has 71 heavy (non-hydrogen) atoms. The smallest absolute Gasteiger partial charge is 0.305 e. The van der Waals surface area contributed by atoms with E-state index in [4.69, 9.17) is 14.2 Å². The normalized spacial score (nSPS) is 32.5. The minimum absolute atomic E-state index is 0.142. The number of aliphatic hydroxyl groups is 3. The average Bonchev–Trinajstić information content (AvgIpc) is 3.72. The molecule has 1 heterocycles. The Kier molecular flexibility index (Phi) is 27.6. The summed E-state index contributed by atoms with van der Waals surface area (Å²) in [7, 11) is 0. The molecule has 3 N–H and O–H groups in total. The number of aliphatic hydroxyl groups excluding tert-OH is 3. The molecule has 0 aromatic carbocycles. The summed E-state index contributed by atoms with van der Waals surface area (Å²) in [6, 6.07) is 0. The second-order valence-electron chi connectivity index (χ2n) is 25.5. The van der Waals surface area contributed by atoms with Gasteiger partial charge in [-0.15, -0.1) is 6.58 Å². The SMILES string of the molecule is C=CCCCCCCCCCCCCCCCCCCCCCCCCCCC(=O)OCC1OC(OC2CCC3(C)C(=CCC4C3CCC3(C)C(C(C)CCC(CC)C(C)C)CCC43)C2)C(O)C(O)C1O. The van der Waals surface area contributed by atoms with Crippen molar-refractivity contribution in [1.82, 2.24) is 0 Å². The molecule has 4 fully saturated rings. The Bertz CT molecular complexity index is 1490. The van der Waals surface area contributed by atoms with Gasteiger partial charge in [-0.05, 0) is 129 Å². The van der Waals surface area contributed by atoms with E-state index in [0.717, 1.165) is 80.5 Å². The highest BCUT2D eigenvalue weighted by Crippen LogP contribution is 2.67. The van der Waals surface area contributed by atoms with Gasteiger partial charge in [0.15, 0.2) is 6.29 Å². The summed E-state index contributed by atoms with van der Waals surface area (Å²) < 4.78 is 18.1. The molecule has 5 aliphatic rings. The Morgan fingerprint density at radius 1 is 0.704 bits per heavy atom. The van der Waals surface area contributed by atoms with E-state index in [0.29, 0.717) is 17.8 Å². The first-order valence-electron chi connectivity index (χ1n) is 31.1. The van der Waals surface area contributed by atoms with Crippen LogP contribution in [0, 0.1) is 52.3 Å². The van der Waals surface area contributed by atoms with Gasteiger partial charge in [0.05, 0.1) is 6.10 Å². The summed E-state index contributed by atoms with van der Waals surface area (Å²) in [5.74, 6) is 5.23. The molecular formula is C64H114O7. The standard InChI is InChI=1S/C64H114O7/c1-8-10-11-12-13-14-15-16-17-18-19-20-21-22-23-24-25-26-27-28-29-30-31-32-33-34-35-58(65)69-47-57-59(66)60(67)61(68)62(71-57)70-52-42-44-63(6)51(46-52)38-39-53-55-41-40-54(64(55,7)45-43-56(53)63)49(5)36-37-50(9-2)48(3)4/h8,38,48-50,52-57,59-62,66-68H,1,9-37,39-47H2,2-7H3. The summed E-state index contributed by atoms with van der Waals surface area (Å²) in [6.07, 6.45) is 45.1. The highest BCUT2D eigenvalue weighted by Gasteiger charge is 2.59. The van der Waals surface area contributed by atoms with E-state index < -0.39 is 30.7 Å². The van der Waals surface area contributed by atoms with Crippen molar-refractivity contribution in [2.45, 2.75) is 316 Å². The van der Waals surface area contributed by atoms with E-state index >= 15 is 0 Å². The van der Waals surface area contributed by atoms with E-state index in [1.165, 1.54) is 192 Å². The molecule has 1 saturated heterocycles. The fraction of sp³-hybridized carbons (Fsp3) is 0.922. The van der Waals surface area contributed by atoms with Gasteiger partial charge in [0, 0.05) is 6.42 Å². The predicted molar refractivity (Wildman–Crippen MR) is 295 cm³/mol. The zero-order valence-electron chi connectivity index (χ0n) is 47.2. The molecule has 0 radical (unpaired) electrons. The fourth-order valence-electron chi connectivity index (χ4n) is 15.5. The van der Waals surface area contributed by atoms with E-state index in [-0.39, 0.29) is 24.1 Å². The zero-order chi connectivity index (χ0) is 51.1. The molecule has 7 nitrogen and oxygen atoms in total. The molecule has 4 aliphatic carbocycles. The number of ether oxygens (including phenoxy) is 3. The number of rotatable bonds is 37. The lowest BCUT2D eigenvalue weighted by Crippen LogP contribution is -2.60. The van der Waals surface area contributed by atoms with E-state index in [1.807, 2.05) is 6.08 Å². The Morgan fingerprint density at radius 2 is 1.25 bits per heavy atom. The predicted octanol–water partition coefficient (Wildman–Crippen LogP) is 16.7. The zero-order valence-corrected chi connectivity index (χ0v) is 47.2. The molecule has 0 aromatic rings. The van der Waals surface area contributed by atoms with E-state index in [1.54, 1.807) is 0 Å². The van der Waals surface area contributed by atoms with Crippen LogP contribution in [0.5, 0.6) is 0 Å². The molecule has 7 heteroatoms. The molecule has 14 unspecified atom stereocenters. The van der Waals surface area contributed by atoms with Crippen molar-refractivity contribution in [1.29, 1.82) is 0 Å². The molecule has 0 bridgehead atoms. The maximum absolute atomic E-state index is 12.7. The lowest BCUT2D eigenvalue weighted by Gasteiger charge is -2.58. The van der Waals surface area contributed by atoms with Crippen LogP contribution in [0.15, 0.2) is 24.3 Å². The number of fused-ring (bicyclic) bond motifs is 5. The van der Waals surface area contributed by atoms with Crippen molar-refractivity contribution in [3.63, 3.8) is 0 Å². The topological polar surface area (TPSA) is 105 Å². The molecule has 14 atom stereocenters. The van der Waals surface area contributed by atoms with Crippen molar-refractivity contribution in [3.8, 4) is 0 Å². The minimum Gasteiger partial charge on any atom is -0.463 e. The van der Waals surface area contributed by atoms with Crippen LogP contribution in [0.1, 0.15) is 279 Å². The quantitative estimate of drug-likeness (QED) is 0.0323. The Balaban J connectivity index is 0.882. The third-order valence-corrected chi connectivity index (χ3v) is 20.2. The Labute approximate surface area is 437 Å². The monoisotopic (exact) mass is 995 g/mol. The Hall–Kier alpha value is -1.25. The van der Waals surface area contributed by atoms with Gasteiger partial charge in [-0.3, -0.25) is 4.79 Å². The largest absolute Gasteiger partial charge is 0.463 e. The van der Waals surface area contributed by atoms with Crippen LogP contribution in [0.2, 0.25) is 0 Å². The van der Waals surface area contributed by atoms with Crippen LogP contribution < -0.4 is 0 Å². The van der Waals surface area contributed by atoms with Crippen molar-refractivity contribution in [3.05, 3.63) is 24.3 Å². The van der Waals surface area contributed by atoms with Crippen LogP contribution in [0.25, 0.3) is 0 Å². The van der Waals surface area contributed by atoms with Gasteiger partial charge in [0.2, 0.25) is 0 Å². The van der Waals surface area contributed by atoms with Gasteiger partial charge >= 0.3 is 5.97 Å². The summed E-state index contributed by atoms with van der Waals surface area (Å²) >= 11 is 0. The first-order valence-corrected chi connectivity index (χ1v) is 31.1. The van der Waals surface area contributed by atoms with Gasteiger partial charge in [0.25, 0.3) is 0 Å². The van der Waals surface area contributed by atoms with Gasteiger partial charge in [-0.2, -0.15) is 0 Å². The third kappa shape index (κ3) is 18.5. The second kappa shape index (κ2) is 32.4. The number of hydrogen-bond donors (Lipinski definition) is 3. The Morgan fingerprint density at radius 3 is 1.79 bits per heavy atom. The van der Waals surface area contributed by atoms with Gasteiger partial charge < -0.3 is 29.5 Å². The highest BCUT2D eigenvalue weighted by atomic mass is 16.7. The summed E-state index contributed by atoms with van der Waals surface area (Å²) in [5, 5.41) is 32.7. The van der Waals surface area contributed by atoms with E-state index in [9.17, 15) is 20.1 Å². The number of esters is 1. The maximum atomic E-state index is 12.7. The molecule has 412 valence electrons. The lowest BCUT2D eigenvalue weighted by molar-refractivity contribution is -0.313. The first-order chi connectivity index (χ1) is 34.3. The van der Waals surface area contributed by atoms with Gasteiger partial charge in [-0.25, -0.2) is 0 Å². The van der Waals surface area contributed by atoms with Crippen LogP contribution in [-0.4, -0.2) is 64.7 Å². The van der Waals surface area contributed by atoms with Gasteiger partial charge in [0.1, 0.15) is 31.0 Å². The summed E-state index contributed by atoms with van der Waals surface area (Å²) in [4.78, 5) is 12.7. The lowest BCUT2D eigenvalue weighted by atomic mass is 9.47. The second-order valence-corrected chi connectivity index (χ2v) is 25.5. The maximum Gasteiger partial charge on any atom is 0.305 e.